The van der Waals surface area contributed by atoms with Crippen molar-refractivity contribution < 1.29 is 28.9 Å². The van der Waals surface area contributed by atoms with Crippen LogP contribution in [0.15, 0.2) is 54.1 Å². The van der Waals surface area contributed by atoms with Gasteiger partial charge in [-0.3, -0.25) is 9.59 Å². The van der Waals surface area contributed by atoms with Gasteiger partial charge in [0.2, 0.25) is 0 Å². The molecule has 0 aromatic heterocycles. The van der Waals surface area contributed by atoms with Gasteiger partial charge in [0.05, 0.1) is 31.4 Å². The maximum Gasteiger partial charge on any atom is 0.295 e. The lowest BCUT2D eigenvalue weighted by molar-refractivity contribution is -0.140. The molecule has 1 fully saturated rings. The van der Waals surface area contributed by atoms with E-state index < -0.39 is 17.7 Å². The molecule has 188 valence electrons. The topological polar surface area (TPSA) is 85.3 Å². The van der Waals surface area contributed by atoms with Crippen LogP contribution in [0.25, 0.3) is 5.76 Å². The number of rotatable bonds is 12. The summed E-state index contributed by atoms with van der Waals surface area (Å²) in [7, 11) is 1.54. The molecule has 1 N–H and O–H groups in total. The van der Waals surface area contributed by atoms with Crippen molar-refractivity contribution in [1.29, 1.82) is 0 Å². The van der Waals surface area contributed by atoms with Gasteiger partial charge in [-0.05, 0) is 60.7 Å². The third-order valence-corrected chi connectivity index (χ3v) is 5.81. The summed E-state index contributed by atoms with van der Waals surface area (Å²) in [4.78, 5) is 27.5. The van der Waals surface area contributed by atoms with Crippen molar-refractivity contribution in [1.82, 2.24) is 4.90 Å². The van der Waals surface area contributed by atoms with Gasteiger partial charge >= 0.3 is 0 Å². The summed E-state index contributed by atoms with van der Waals surface area (Å²) >= 11 is 0. The molecule has 1 heterocycles. The van der Waals surface area contributed by atoms with Gasteiger partial charge in [-0.25, -0.2) is 0 Å². The Bertz CT molecular complexity index is 1040. The van der Waals surface area contributed by atoms with Gasteiger partial charge in [-0.15, -0.1) is 0 Å². The zero-order chi connectivity index (χ0) is 25.4. The van der Waals surface area contributed by atoms with E-state index in [1.807, 2.05) is 31.2 Å². The van der Waals surface area contributed by atoms with Crippen LogP contribution in [-0.4, -0.2) is 55.2 Å². The summed E-state index contributed by atoms with van der Waals surface area (Å²) in [5, 5.41) is 11.2. The van der Waals surface area contributed by atoms with Gasteiger partial charge in [-0.1, -0.05) is 32.9 Å². The van der Waals surface area contributed by atoms with Gasteiger partial charge in [0, 0.05) is 19.2 Å². The van der Waals surface area contributed by atoms with E-state index in [2.05, 4.69) is 13.8 Å². The number of methoxy groups -OCH3 is 1. The van der Waals surface area contributed by atoms with Crippen molar-refractivity contribution in [3.63, 3.8) is 0 Å². The Morgan fingerprint density at radius 2 is 1.71 bits per heavy atom. The molecule has 0 aliphatic carbocycles. The van der Waals surface area contributed by atoms with Crippen molar-refractivity contribution in [2.75, 3.05) is 33.5 Å². The normalized spacial score (nSPS) is 17.3. The molecule has 2 aromatic rings. The highest BCUT2D eigenvalue weighted by Crippen LogP contribution is 2.40. The number of nitrogens with zero attached hydrogens (tertiary/aromatic N) is 1. The molecule has 0 spiro atoms. The fraction of sp³-hybridized carbons (Fsp3) is 0.429. The minimum absolute atomic E-state index is 0.0488. The number of hydrogen-bond acceptors (Lipinski definition) is 6. The van der Waals surface area contributed by atoms with Crippen molar-refractivity contribution >= 4 is 17.4 Å². The van der Waals surface area contributed by atoms with E-state index in [0.29, 0.717) is 41.8 Å². The molecular weight excluding hydrogens is 446 g/mol. The van der Waals surface area contributed by atoms with Crippen LogP contribution in [0.1, 0.15) is 50.8 Å². The number of benzene rings is 2. The summed E-state index contributed by atoms with van der Waals surface area (Å²) in [6.07, 6.45) is 1.79. The number of aliphatic hydroxyl groups is 1. The molecule has 2 aromatic carbocycles. The number of likely N-dealkylation sites (tertiary alicyclic amines) is 1. The first-order valence-corrected chi connectivity index (χ1v) is 12.1. The molecule has 7 heteroatoms. The Labute approximate surface area is 207 Å². The molecule has 1 saturated heterocycles. The molecule has 1 unspecified atom stereocenters. The minimum Gasteiger partial charge on any atom is -0.507 e. The second-order valence-electron chi connectivity index (χ2n) is 8.96. The van der Waals surface area contributed by atoms with E-state index >= 15 is 0 Å². The lowest BCUT2D eigenvalue weighted by Crippen LogP contribution is -2.32. The fourth-order valence-electron chi connectivity index (χ4n) is 3.92. The number of carbonyl (C=O) groups is 2. The van der Waals surface area contributed by atoms with Gasteiger partial charge in [-0.2, -0.15) is 0 Å². The molecule has 35 heavy (non-hydrogen) atoms. The maximum atomic E-state index is 13.1. The van der Waals surface area contributed by atoms with Gasteiger partial charge < -0.3 is 24.2 Å². The quantitative estimate of drug-likeness (QED) is 0.262. The molecule has 1 aliphatic rings. The first-order valence-electron chi connectivity index (χ1n) is 12.1. The van der Waals surface area contributed by atoms with Crippen LogP contribution < -0.4 is 9.47 Å². The van der Waals surface area contributed by atoms with Crippen molar-refractivity contribution in [2.45, 2.75) is 39.7 Å². The third-order valence-electron chi connectivity index (χ3n) is 5.81. The highest BCUT2D eigenvalue weighted by Gasteiger charge is 2.46. The summed E-state index contributed by atoms with van der Waals surface area (Å²) < 4.78 is 16.7. The van der Waals surface area contributed by atoms with Crippen LogP contribution in [0.3, 0.4) is 0 Å². The van der Waals surface area contributed by atoms with Gasteiger partial charge in [0.1, 0.15) is 17.3 Å². The van der Waals surface area contributed by atoms with E-state index in [1.165, 1.54) is 12.0 Å². The summed E-state index contributed by atoms with van der Waals surface area (Å²) in [6, 6.07) is 13.4. The maximum absolute atomic E-state index is 13.1. The predicted octanol–water partition coefficient (Wildman–Crippen LogP) is 4.97. The fourth-order valence-corrected chi connectivity index (χ4v) is 3.92. The average molecular weight is 482 g/mol. The van der Waals surface area contributed by atoms with E-state index in [1.54, 1.807) is 24.3 Å². The number of hydrogen-bond donors (Lipinski definition) is 1. The molecule has 1 amide bonds. The molecule has 1 aliphatic heterocycles. The summed E-state index contributed by atoms with van der Waals surface area (Å²) in [5.74, 6) is 0.229. The molecular formula is C28H35NO6. The number of carbonyl (C=O) groups excluding carboxylic acids is 2. The predicted molar refractivity (Wildman–Crippen MR) is 135 cm³/mol. The van der Waals surface area contributed by atoms with Crippen molar-refractivity contribution in [3.05, 3.63) is 65.2 Å². The molecule has 3 rings (SSSR count). The van der Waals surface area contributed by atoms with E-state index in [-0.39, 0.29) is 24.5 Å². The number of amides is 1. The number of aliphatic hydroxyl groups excluding tert-OH is 1. The van der Waals surface area contributed by atoms with Crippen LogP contribution >= 0.6 is 0 Å². The van der Waals surface area contributed by atoms with E-state index in [0.717, 1.165) is 12.8 Å². The van der Waals surface area contributed by atoms with Crippen molar-refractivity contribution in [2.24, 2.45) is 5.92 Å². The molecule has 7 nitrogen and oxygen atoms in total. The minimum atomic E-state index is -0.755. The third kappa shape index (κ3) is 6.42. The second-order valence-corrected chi connectivity index (χ2v) is 8.96. The van der Waals surface area contributed by atoms with Gasteiger partial charge in [0.15, 0.2) is 0 Å². The first-order chi connectivity index (χ1) is 16.9. The number of Topliss-reactive ketones (excluding diaryl/α,β-unsaturated/α-hetero) is 1. The Balaban J connectivity index is 2.00. The molecule has 0 bridgehead atoms. The van der Waals surface area contributed by atoms with Crippen LogP contribution in [0.5, 0.6) is 11.5 Å². The SMILES string of the molecule is CCCOc1ccc(/C(O)=C2\C(=O)C(=O)N(CCOC)C2c2cccc(OCCC(C)C)c2)cc1. The lowest BCUT2D eigenvalue weighted by atomic mass is 9.95. The Morgan fingerprint density at radius 1 is 1.00 bits per heavy atom. The standard InChI is InChI=1S/C28H35NO6/c1-5-15-34-22-11-9-20(10-12-22)26(30)24-25(29(14-17-33-4)28(32)27(24)31)21-7-6-8-23(18-21)35-16-13-19(2)3/h6-12,18-19,25,30H,5,13-17H2,1-4H3/b26-24+. The number of ketones is 1. The van der Waals surface area contributed by atoms with E-state index in [4.69, 9.17) is 14.2 Å². The van der Waals surface area contributed by atoms with Crippen LogP contribution in [0, 0.1) is 5.92 Å². The second kappa shape index (κ2) is 12.4. The smallest absolute Gasteiger partial charge is 0.295 e. The Kier molecular flexibility index (Phi) is 9.32. The van der Waals surface area contributed by atoms with Crippen molar-refractivity contribution in [3.8, 4) is 11.5 Å². The summed E-state index contributed by atoms with van der Waals surface area (Å²) in [5.41, 5.74) is 1.17. The molecule has 0 radical (unpaired) electrons. The Morgan fingerprint density at radius 3 is 2.37 bits per heavy atom. The highest BCUT2D eigenvalue weighted by atomic mass is 16.5. The average Bonchev–Trinajstić information content (AvgIpc) is 3.11. The number of ether oxygens (including phenoxy) is 3. The van der Waals surface area contributed by atoms with Gasteiger partial charge in [0.25, 0.3) is 11.7 Å². The van der Waals surface area contributed by atoms with Crippen LogP contribution in [-0.2, 0) is 14.3 Å². The zero-order valence-electron chi connectivity index (χ0n) is 21.0. The summed E-state index contributed by atoms with van der Waals surface area (Å²) in [6.45, 7) is 7.91. The lowest BCUT2D eigenvalue weighted by Gasteiger charge is -2.25. The van der Waals surface area contributed by atoms with Crippen LogP contribution in [0.4, 0.5) is 0 Å². The monoisotopic (exact) mass is 481 g/mol. The van der Waals surface area contributed by atoms with E-state index in [9.17, 15) is 14.7 Å². The zero-order valence-corrected chi connectivity index (χ0v) is 21.0. The van der Waals surface area contributed by atoms with Crippen LogP contribution in [0.2, 0.25) is 0 Å². The molecule has 0 saturated carbocycles. The highest BCUT2D eigenvalue weighted by molar-refractivity contribution is 6.46. The molecule has 1 atom stereocenters. The Hall–Kier alpha value is -3.32. The first kappa shape index (κ1) is 26.3. The largest absolute Gasteiger partial charge is 0.507 e.